The van der Waals surface area contributed by atoms with Crippen LogP contribution in [-0.4, -0.2) is 39.4 Å². The summed E-state index contributed by atoms with van der Waals surface area (Å²) in [6.07, 6.45) is -3.65. The molecule has 0 spiro atoms. The standard InChI is InChI=1S/C26H28ClF3N2O2S/c1-25(2,3)16-31(4)24(33)21-20(18-11-13-19(27)14-12-18)22(35(5)34)23(26(28,29)30)32(21)15-17-9-7-6-8-10-17/h6-14H,15-16H2,1-5H3. The van der Waals surface area contributed by atoms with Crippen molar-refractivity contribution in [1.82, 2.24) is 9.47 Å². The van der Waals surface area contributed by atoms with Crippen LogP contribution in [0.3, 0.4) is 0 Å². The number of aromatic nitrogens is 1. The number of amides is 1. The lowest BCUT2D eigenvalue weighted by Crippen LogP contribution is -2.36. The monoisotopic (exact) mass is 524 g/mol. The van der Waals surface area contributed by atoms with Crippen LogP contribution in [0.25, 0.3) is 11.1 Å². The summed E-state index contributed by atoms with van der Waals surface area (Å²) in [5, 5.41) is 0.394. The van der Waals surface area contributed by atoms with Crippen molar-refractivity contribution in [3.63, 3.8) is 0 Å². The summed E-state index contributed by atoms with van der Waals surface area (Å²) in [6, 6.07) is 14.7. The maximum atomic E-state index is 14.6. The van der Waals surface area contributed by atoms with E-state index in [1.54, 1.807) is 49.5 Å². The third-order valence-electron chi connectivity index (χ3n) is 5.35. The molecule has 0 saturated carbocycles. The molecule has 0 aliphatic heterocycles. The SMILES string of the molecule is CN(CC(C)(C)C)C(=O)c1c(-c2ccc(Cl)cc2)c(S(C)=O)c(C(F)(F)F)n1Cc1ccccc1. The Kier molecular flexibility index (Phi) is 7.86. The molecule has 1 atom stereocenters. The highest BCUT2D eigenvalue weighted by Gasteiger charge is 2.44. The number of carbonyl (C=O) groups is 1. The highest BCUT2D eigenvalue weighted by molar-refractivity contribution is 7.84. The summed E-state index contributed by atoms with van der Waals surface area (Å²) in [6.45, 7) is 5.92. The molecule has 2 aromatic carbocycles. The van der Waals surface area contributed by atoms with Crippen molar-refractivity contribution in [3.05, 3.63) is 76.6 Å². The van der Waals surface area contributed by atoms with Crippen LogP contribution in [0.4, 0.5) is 13.2 Å². The molecular formula is C26H28ClF3N2O2S. The van der Waals surface area contributed by atoms with Crippen molar-refractivity contribution in [2.45, 2.75) is 38.4 Å². The van der Waals surface area contributed by atoms with Gasteiger partial charge in [0, 0.05) is 37.0 Å². The average Bonchev–Trinajstić information content (AvgIpc) is 3.08. The summed E-state index contributed by atoms with van der Waals surface area (Å²) < 4.78 is 57.6. The van der Waals surface area contributed by atoms with Gasteiger partial charge in [0.15, 0.2) is 0 Å². The minimum absolute atomic E-state index is 0.0107. The second-order valence-electron chi connectivity index (χ2n) is 9.65. The number of alkyl halides is 3. The second kappa shape index (κ2) is 10.2. The van der Waals surface area contributed by atoms with Crippen molar-refractivity contribution >= 4 is 28.3 Å². The van der Waals surface area contributed by atoms with E-state index in [-0.39, 0.29) is 23.2 Å². The van der Waals surface area contributed by atoms with Crippen LogP contribution < -0.4 is 0 Å². The molecule has 35 heavy (non-hydrogen) atoms. The topological polar surface area (TPSA) is 42.3 Å². The van der Waals surface area contributed by atoms with E-state index in [0.29, 0.717) is 22.7 Å². The maximum absolute atomic E-state index is 14.6. The third kappa shape index (κ3) is 6.16. The van der Waals surface area contributed by atoms with Gasteiger partial charge in [-0.1, -0.05) is 74.8 Å². The molecule has 0 radical (unpaired) electrons. The lowest BCUT2D eigenvalue weighted by atomic mass is 9.96. The predicted molar refractivity (Wildman–Crippen MR) is 134 cm³/mol. The normalized spacial score (nSPS) is 13.1. The number of benzene rings is 2. The molecule has 9 heteroatoms. The largest absolute Gasteiger partial charge is 0.432 e. The summed E-state index contributed by atoms with van der Waals surface area (Å²) in [5.41, 5.74) is -0.594. The predicted octanol–water partition coefficient (Wildman–Crippen LogP) is 6.73. The second-order valence-corrected chi connectivity index (χ2v) is 11.4. The summed E-state index contributed by atoms with van der Waals surface area (Å²) in [5.74, 6) is -0.581. The molecule has 3 rings (SSSR count). The van der Waals surface area contributed by atoms with Gasteiger partial charge in [-0.05, 0) is 28.7 Å². The van der Waals surface area contributed by atoms with E-state index in [0.717, 1.165) is 4.57 Å². The Morgan fingerprint density at radius 3 is 2.09 bits per heavy atom. The molecule has 188 valence electrons. The number of carbonyl (C=O) groups excluding carboxylic acids is 1. The maximum Gasteiger partial charge on any atom is 0.432 e. The van der Waals surface area contributed by atoms with E-state index in [9.17, 15) is 22.2 Å². The highest BCUT2D eigenvalue weighted by atomic mass is 35.5. The van der Waals surface area contributed by atoms with Gasteiger partial charge in [0.25, 0.3) is 5.91 Å². The van der Waals surface area contributed by atoms with Crippen LogP contribution in [0.1, 0.15) is 42.5 Å². The molecule has 0 aliphatic carbocycles. The van der Waals surface area contributed by atoms with Gasteiger partial charge in [-0.15, -0.1) is 0 Å². The molecule has 0 aliphatic rings. The van der Waals surface area contributed by atoms with Gasteiger partial charge in [-0.25, -0.2) is 0 Å². The van der Waals surface area contributed by atoms with Crippen LogP contribution in [0.5, 0.6) is 0 Å². The Hall–Kier alpha value is -2.58. The fourth-order valence-corrected chi connectivity index (χ4v) is 5.28. The zero-order chi connectivity index (χ0) is 26.1. The minimum atomic E-state index is -4.85. The Bertz CT molecular complexity index is 1230. The van der Waals surface area contributed by atoms with Gasteiger partial charge in [-0.3, -0.25) is 9.00 Å². The van der Waals surface area contributed by atoms with E-state index in [1.807, 2.05) is 20.8 Å². The molecule has 1 aromatic heterocycles. The van der Waals surface area contributed by atoms with Crippen LogP contribution >= 0.6 is 11.6 Å². The fraction of sp³-hybridized carbons (Fsp3) is 0.346. The van der Waals surface area contributed by atoms with Crippen LogP contribution in [0.2, 0.25) is 5.02 Å². The first kappa shape index (κ1) is 27.0. The Morgan fingerprint density at radius 1 is 1.03 bits per heavy atom. The molecule has 0 fully saturated rings. The zero-order valence-electron chi connectivity index (χ0n) is 20.2. The molecular weight excluding hydrogens is 497 g/mol. The smallest absolute Gasteiger partial charge is 0.340 e. The van der Waals surface area contributed by atoms with Crippen molar-refractivity contribution in [1.29, 1.82) is 0 Å². The summed E-state index contributed by atoms with van der Waals surface area (Å²) >= 11 is 6.02. The number of hydrogen-bond donors (Lipinski definition) is 0. The first-order valence-corrected chi connectivity index (χ1v) is 12.9. The molecule has 0 bridgehead atoms. The molecule has 0 N–H and O–H groups in total. The third-order valence-corrected chi connectivity index (χ3v) is 6.58. The van der Waals surface area contributed by atoms with Gasteiger partial charge < -0.3 is 9.47 Å². The van der Waals surface area contributed by atoms with Crippen molar-refractivity contribution in [2.24, 2.45) is 5.41 Å². The molecule has 3 aromatic rings. The molecule has 1 amide bonds. The molecule has 1 unspecified atom stereocenters. The van der Waals surface area contributed by atoms with Crippen molar-refractivity contribution in [2.75, 3.05) is 19.8 Å². The Labute approximate surface area is 211 Å². The van der Waals surface area contributed by atoms with Crippen molar-refractivity contribution in [3.8, 4) is 11.1 Å². The summed E-state index contributed by atoms with van der Waals surface area (Å²) in [7, 11) is -0.481. The van der Waals surface area contributed by atoms with Gasteiger partial charge in [0.1, 0.15) is 11.4 Å². The lowest BCUT2D eigenvalue weighted by molar-refractivity contribution is -0.145. The quantitative estimate of drug-likeness (QED) is 0.359. The zero-order valence-corrected chi connectivity index (χ0v) is 21.8. The highest BCUT2D eigenvalue weighted by Crippen LogP contribution is 2.44. The van der Waals surface area contributed by atoms with Crippen LogP contribution in [0.15, 0.2) is 59.5 Å². The average molecular weight is 525 g/mol. The number of rotatable bonds is 6. The molecule has 4 nitrogen and oxygen atoms in total. The Morgan fingerprint density at radius 2 is 1.60 bits per heavy atom. The van der Waals surface area contributed by atoms with Gasteiger partial charge in [0.2, 0.25) is 0 Å². The fourth-order valence-electron chi connectivity index (χ4n) is 4.15. The van der Waals surface area contributed by atoms with Gasteiger partial charge >= 0.3 is 6.18 Å². The van der Waals surface area contributed by atoms with E-state index < -0.39 is 33.5 Å². The van der Waals surface area contributed by atoms with Gasteiger partial charge in [-0.2, -0.15) is 13.2 Å². The van der Waals surface area contributed by atoms with Crippen LogP contribution in [-0.2, 0) is 23.5 Å². The van der Waals surface area contributed by atoms with E-state index in [2.05, 4.69) is 0 Å². The summed E-state index contributed by atoms with van der Waals surface area (Å²) in [4.78, 5) is 14.8. The van der Waals surface area contributed by atoms with E-state index >= 15 is 0 Å². The first-order valence-electron chi connectivity index (χ1n) is 10.9. The minimum Gasteiger partial charge on any atom is -0.340 e. The van der Waals surface area contributed by atoms with E-state index in [1.165, 1.54) is 23.3 Å². The molecule has 0 saturated heterocycles. The number of halogens is 4. The van der Waals surface area contributed by atoms with Crippen LogP contribution in [0, 0.1) is 5.41 Å². The van der Waals surface area contributed by atoms with Gasteiger partial charge in [0.05, 0.1) is 15.7 Å². The van der Waals surface area contributed by atoms with E-state index in [4.69, 9.17) is 11.6 Å². The lowest BCUT2D eigenvalue weighted by Gasteiger charge is -2.27. The van der Waals surface area contributed by atoms with Crippen molar-refractivity contribution < 1.29 is 22.2 Å². The number of nitrogens with zero attached hydrogens (tertiary/aromatic N) is 2. The molecule has 1 heterocycles. The first-order chi connectivity index (χ1) is 16.2. The Balaban J connectivity index is 2.43. The number of hydrogen-bond acceptors (Lipinski definition) is 2.